The molecule has 1 aromatic carbocycles. The van der Waals surface area contributed by atoms with Crippen LogP contribution in [0.1, 0.15) is 25.8 Å². The molecule has 0 radical (unpaired) electrons. The van der Waals surface area contributed by atoms with Gasteiger partial charge in [-0.25, -0.2) is 17.9 Å². The molecule has 0 spiro atoms. The average Bonchev–Trinajstić information content (AvgIpc) is 2.51. The first kappa shape index (κ1) is 20.1. The van der Waals surface area contributed by atoms with E-state index in [0.717, 1.165) is 5.56 Å². The van der Waals surface area contributed by atoms with E-state index in [-0.39, 0.29) is 10.8 Å². The lowest BCUT2D eigenvalue weighted by Crippen LogP contribution is -2.46. The molecule has 1 unspecified atom stereocenters. The number of sulfonamides is 1. The first-order chi connectivity index (χ1) is 11.2. The first-order valence-electron chi connectivity index (χ1n) is 7.59. The molecule has 24 heavy (non-hydrogen) atoms. The molecule has 0 aromatic heterocycles. The lowest BCUT2D eigenvalue weighted by molar-refractivity contribution is -0.145. The fourth-order valence-electron chi connectivity index (χ4n) is 2.10. The molecule has 1 rings (SSSR count). The van der Waals surface area contributed by atoms with Gasteiger partial charge in [-0.3, -0.25) is 4.79 Å². The van der Waals surface area contributed by atoms with Crippen LogP contribution in [0.2, 0.25) is 0 Å². The zero-order chi connectivity index (χ0) is 18.3. The summed E-state index contributed by atoms with van der Waals surface area (Å²) in [6.45, 7) is 5.13. The van der Waals surface area contributed by atoms with Gasteiger partial charge < -0.3 is 10.1 Å². The maximum absolute atomic E-state index is 12.2. The Bertz CT molecular complexity index is 685. The molecule has 134 valence electrons. The predicted molar refractivity (Wildman–Crippen MR) is 89.8 cm³/mol. The Balaban J connectivity index is 2.68. The topological polar surface area (TPSA) is 102 Å². The Morgan fingerprint density at radius 2 is 1.92 bits per heavy atom. The van der Waals surface area contributed by atoms with E-state index in [2.05, 4.69) is 14.8 Å². The van der Waals surface area contributed by atoms with Gasteiger partial charge in [-0.2, -0.15) is 0 Å². The summed E-state index contributed by atoms with van der Waals surface area (Å²) in [6, 6.07) is 5.56. The smallest absolute Gasteiger partial charge is 0.328 e. The van der Waals surface area contributed by atoms with Gasteiger partial charge in [0.2, 0.25) is 15.9 Å². The molecule has 0 heterocycles. The van der Waals surface area contributed by atoms with Crippen LogP contribution < -0.4 is 10.0 Å². The minimum absolute atomic E-state index is 0.0852. The number of carbonyl (C=O) groups is 2. The van der Waals surface area contributed by atoms with Gasteiger partial charge in [0.1, 0.15) is 6.04 Å². The molecule has 7 nitrogen and oxygen atoms in total. The van der Waals surface area contributed by atoms with E-state index in [1.165, 1.54) is 19.2 Å². The zero-order valence-corrected chi connectivity index (χ0v) is 15.1. The number of esters is 1. The van der Waals surface area contributed by atoms with Crippen LogP contribution in [-0.2, 0) is 24.3 Å². The number of carbonyl (C=O) groups excluding carboxylic acids is 2. The van der Waals surface area contributed by atoms with Crippen molar-refractivity contribution in [3.8, 4) is 0 Å². The fourth-order valence-corrected chi connectivity index (χ4v) is 3.19. The van der Waals surface area contributed by atoms with Gasteiger partial charge in [0, 0.05) is 0 Å². The summed E-state index contributed by atoms with van der Waals surface area (Å²) in [6.07, 6.45) is 0.406. The number of amides is 1. The monoisotopic (exact) mass is 356 g/mol. The molecule has 0 fully saturated rings. The van der Waals surface area contributed by atoms with Crippen LogP contribution in [0.15, 0.2) is 29.2 Å². The van der Waals surface area contributed by atoms with Crippen molar-refractivity contribution in [1.29, 1.82) is 0 Å². The van der Waals surface area contributed by atoms with E-state index in [0.29, 0.717) is 6.42 Å². The van der Waals surface area contributed by atoms with Gasteiger partial charge in [0.25, 0.3) is 0 Å². The van der Waals surface area contributed by atoms with Crippen molar-refractivity contribution in [3.63, 3.8) is 0 Å². The highest BCUT2D eigenvalue weighted by atomic mass is 32.2. The predicted octanol–water partition coefficient (Wildman–Crippen LogP) is 0.977. The maximum Gasteiger partial charge on any atom is 0.328 e. The fraction of sp³-hybridized carbons (Fsp3) is 0.500. The van der Waals surface area contributed by atoms with Crippen molar-refractivity contribution in [2.24, 2.45) is 5.92 Å². The first-order valence-corrected chi connectivity index (χ1v) is 9.07. The molecule has 2 N–H and O–H groups in total. The second-order valence-electron chi connectivity index (χ2n) is 5.91. The van der Waals surface area contributed by atoms with Crippen molar-refractivity contribution >= 4 is 21.9 Å². The third kappa shape index (κ3) is 6.29. The van der Waals surface area contributed by atoms with E-state index in [9.17, 15) is 18.0 Å². The molecule has 1 amide bonds. The molecular formula is C16H24N2O5S. The molecular weight excluding hydrogens is 332 g/mol. The minimum atomic E-state index is -3.79. The zero-order valence-electron chi connectivity index (χ0n) is 14.3. The molecule has 0 aliphatic carbocycles. The maximum atomic E-state index is 12.2. The van der Waals surface area contributed by atoms with E-state index < -0.39 is 34.5 Å². The van der Waals surface area contributed by atoms with Crippen LogP contribution in [0.4, 0.5) is 0 Å². The highest BCUT2D eigenvalue weighted by Gasteiger charge is 2.23. The Hall–Kier alpha value is -1.93. The number of methoxy groups -OCH3 is 1. The molecule has 0 saturated heterocycles. The summed E-state index contributed by atoms with van der Waals surface area (Å²) in [7, 11) is -2.55. The molecule has 0 bridgehead atoms. The summed E-state index contributed by atoms with van der Waals surface area (Å²) in [5, 5.41) is 2.49. The van der Waals surface area contributed by atoms with E-state index in [4.69, 9.17) is 0 Å². The van der Waals surface area contributed by atoms with Gasteiger partial charge in [-0.05, 0) is 37.0 Å². The van der Waals surface area contributed by atoms with Crippen LogP contribution in [0, 0.1) is 12.8 Å². The second kappa shape index (κ2) is 8.79. The third-order valence-electron chi connectivity index (χ3n) is 3.25. The van der Waals surface area contributed by atoms with Crippen LogP contribution in [0.25, 0.3) is 0 Å². The Labute approximate surface area is 142 Å². The summed E-state index contributed by atoms with van der Waals surface area (Å²) >= 11 is 0. The Kier molecular flexibility index (Phi) is 7.37. The normalized spacial score (nSPS) is 12.7. The standard InChI is InChI=1S/C16H24N2O5S/c1-11(2)8-14(16(20)23-4)18-15(19)10-17-24(21,22)13-7-5-6-12(3)9-13/h5-7,9,11,14,17H,8,10H2,1-4H3,(H,18,19). The summed E-state index contributed by atoms with van der Waals surface area (Å²) in [5.41, 5.74) is 0.796. The summed E-state index contributed by atoms with van der Waals surface area (Å²) in [4.78, 5) is 23.7. The van der Waals surface area contributed by atoms with Gasteiger partial charge in [0.05, 0.1) is 18.6 Å². The lowest BCUT2D eigenvalue weighted by atomic mass is 10.0. The highest BCUT2D eigenvalue weighted by Crippen LogP contribution is 2.10. The highest BCUT2D eigenvalue weighted by molar-refractivity contribution is 7.89. The van der Waals surface area contributed by atoms with Crippen molar-refractivity contribution in [1.82, 2.24) is 10.0 Å². The largest absolute Gasteiger partial charge is 0.467 e. The van der Waals surface area contributed by atoms with Crippen LogP contribution in [0.5, 0.6) is 0 Å². The SMILES string of the molecule is COC(=O)C(CC(C)C)NC(=O)CNS(=O)(=O)c1cccc(C)c1. The second-order valence-corrected chi connectivity index (χ2v) is 7.68. The van der Waals surface area contributed by atoms with Crippen molar-refractivity contribution in [2.45, 2.75) is 38.1 Å². The van der Waals surface area contributed by atoms with Gasteiger partial charge in [-0.1, -0.05) is 26.0 Å². The summed E-state index contributed by atoms with van der Waals surface area (Å²) < 4.78 is 31.2. The number of aryl methyl sites for hydroxylation is 1. The molecule has 1 aromatic rings. The Morgan fingerprint density at radius 1 is 1.25 bits per heavy atom. The number of nitrogens with one attached hydrogen (secondary N) is 2. The van der Waals surface area contributed by atoms with Crippen LogP contribution in [-0.4, -0.2) is 40.0 Å². The van der Waals surface area contributed by atoms with Crippen molar-refractivity contribution in [3.05, 3.63) is 29.8 Å². The number of ether oxygens (including phenoxy) is 1. The van der Waals surface area contributed by atoms with Gasteiger partial charge in [-0.15, -0.1) is 0 Å². The summed E-state index contributed by atoms with van der Waals surface area (Å²) in [5.74, 6) is -0.987. The van der Waals surface area contributed by atoms with Gasteiger partial charge >= 0.3 is 5.97 Å². The molecule has 0 aliphatic rings. The molecule has 0 saturated carbocycles. The lowest BCUT2D eigenvalue weighted by Gasteiger charge is -2.18. The molecule has 0 aliphatic heterocycles. The van der Waals surface area contributed by atoms with E-state index in [1.54, 1.807) is 19.1 Å². The van der Waals surface area contributed by atoms with Gasteiger partial charge in [0.15, 0.2) is 0 Å². The average molecular weight is 356 g/mol. The number of hydrogen-bond donors (Lipinski definition) is 2. The third-order valence-corrected chi connectivity index (χ3v) is 4.65. The quantitative estimate of drug-likeness (QED) is 0.676. The number of hydrogen-bond acceptors (Lipinski definition) is 5. The molecule has 1 atom stereocenters. The number of benzene rings is 1. The Morgan fingerprint density at radius 3 is 2.46 bits per heavy atom. The van der Waals surface area contributed by atoms with Crippen molar-refractivity contribution in [2.75, 3.05) is 13.7 Å². The van der Waals surface area contributed by atoms with Crippen LogP contribution in [0.3, 0.4) is 0 Å². The number of rotatable bonds is 8. The van der Waals surface area contributed by atoms with E-state index in [1.807, 2.05) is 13.8 Å². The van der Waals surface area contributed by atoms with Crippen LogP contribution >= 0.6 is 0 Å². The van der Waals surface area contributed by atoms with Crippen molar-refractivity contribution < 1.29 is 22.7 Å². The minimum Gasteiger partial charge on any atom is -0.467 e. The van der Waals surface area contributed by atoms with E-state index >= 15 is 0 Å². The molecule has 8 heteroatoms.